The van der Waals surface area contributed by atoms with Gasteiger partial charge in [-0.2, -0.15) is 0 Å². The number of hydrogen-bond acceptors (Lipinski definition) is 4. The molecule has 4 heteroatoms. The lowest BCUT2D eigenvalue weighted by atomic mass is 10.2. The summed E-state index contributed by atoms with van der Waals surface area (Å²) in [6.07, 6.45) is 0. The zero-order valence-electron chi connectivity index (χ0n) is 8.65. The Bertz CT molecular complexity index is 457. The second-order valence-electron chi connectivity index (χ2n) is 3.44. The van der Waals surface area contributed by atoms with Gasteiger partial charge in [-0.1, -0.05) is 11.8 Å². The van der Waals surface area contributed by atoms with E-state index in [4.69, 9.17) is 5.73 Å². The predicted molar refractivity (Wildman–Crippen MR) is 66.6 cm³/mol. The highest BCUT2D eigenvalue weighted by Crippen LogP contribution is 2.31. The molecule has 78 valence electrons. The lowest BCUT2D eigenvalue weighted by Gasteiger charge is -2.01. The smallest absolute Gasteiger partial charge is 0.154 e. The van der Waals surface area contributed by atoms with Gasteiger partial charge in [-0.15, -0.1) is 11.3 Å². The highest BCUT2D eigenvalue weighted by Gasteiger charge is 2.02. The molecule has 1 aromatic carbocycles. The van der Waals surface area contributed by atoms with Crippen molar-refractivity contribution in [1.82, 2.24) is 4.98 Å². The van der Waals surface area contributed by atoms with Gasteiger partial charge in [0, 0.05) is 21.7 Å². The van der Waals surface area contributed by atoms with Crippen LogP contribution in [0.25, 0.3) is 0 Å². The van der Waals surface area contributed by atoms with Gasteiger partial charge in [0.2, 0.25) is 0 Å². The quantitative estimate of drug-likeness (QED) is 0.811. The van der Waals surface area contributed by atoms with Crippen molar-refractivity contribution < 1.29 is 0 Å². The summed E-state index contributed by atoms with van der Waals surface area (Å²) in [6, 6.07) is 6.07. The molecule has 0 bridgehead atoms. The SMILES string of the molecule is Cc1cc(N)cc(Sc2nc(C)cs2)c1. The first-order chi connectivity index (χ1) is 7.13. The fourth-order valence-corrected chi connectivity index (χ4v) is 3.29. The molecular formula is C11H12N2S2. The fraction of sp³-hybridized carbons (Fsp3) is 0.182. The minimum atomic E-state index is 0.811. The van der Waals surface area contributed by atoms with E-state index in [0.29, 0.717) is 0 Å². The Morgan fingerprint density at radius 1 is 1.27 bits per heavy atom. The van der Waals surface area contributed by atoms with E-state index in [9.17, 15) is 0 Å². The summed E-state index contributed by atoms with van der Waals surface area (Å²) >= 11 is 3.33. The molecule has 0 aliphatic carbocycles. The summed E-state index contributed by atoms with van der Waals surface area (Å²) in [5.41, 5.74) is 8.86. The van der Waals surface area contributed by atoms with Gasteiger partial charge >= 0.3 is 0 Å². The molecule has 0 fully saturated rings. The Balaban J connectivity index is 2.24. The standard InChI is InChI=1S/C11H12N2S2/c1-7-3-9(12)5-10(4-7)15-11-13-8(2)6-14-11/h3-6H,12H2,1-2H3. The van der Waals surface area contributed by atoms with E-state index < -0.39 is 0 Å². The molecule has 0 radical (unpaired) electrons. The molecule has 0 aliphatic heterocycles. The van der Waals surface area contributed by atoms with Gasteiger partial charge in [-0.25, -0.2) is 4.98 Å². The molecule has 2 aromatic rings. The molecule has 2 N–H and O–H groups in total. The van der Waals surface area contributed by atoms with Crippen LogP contribution in [0.2, 0.25) is 0 Å². The van der Waals surface area contributed by atoms with Crippen molar-refractivity contribution in [3.05, 3.63) is 34.8 Å². The van der Waals surface area contributed by atoms with Crippen LogP contribution in [0.1, 0.15) is 11.3 Å². The van der Waals surface area contributed by atoms with E-state index in [1.807, 2.05) is 26.0 Å². The molecule has 0 amide bonds. The molecule has 2 nitrogen and oxygen atoms in total. The molecule has 0 aliphatic rings. The summed E-state index contributed by atoms with van der Waals surface area (Å²) < 4.78 is 1.07. The summed E-state index contributed by atoms with van der Waals surface area (Å²) in [4.78, 5) is 5.56. The van der Waals surface area contributed by atoms with Gasteiger partial charge in [0.1, 0.15) is 0 Å². The second kappa shape index (κ2) is 4.24. The molecular weight excluding hydrogens is 224 g/mol. The number of aromatic nitrogens is 1. The van der Waals surface area contributed by atoms with Crippen LogP contribution in [0, 0.1) is 13.8 Å². The van der Waals surface area contributed by atoms with Crippen molar-refractivity contribution in [3.8, 4) is 0 Å². The Morgan fingerprint density at radius 2 is 2.07 bits per heavy atom. The molecule has 0 saturated carbocycles. The Morgan fingerprint density at radius 3 is 2.67 bits per heavy atom. The number of rotatable bonds is 2. The van der Waals surface area contributed by atoms with Crippen molar-refractivity contribution >= 4 is 28.8 Å². The molecule has 0 spiro atoms. The number of nitrogens with zero attached hydrogens (tertiary/aromatic N) is 1. The molecule has 0 unspecified atom stereocenters. The van der Waals surface area contributed by atoms with Gasteiger partial charge in [0.25, 0.3) is 0 Å². The number of nitrogens with two attached hydrogens (primary N) is 1. The predicted octanol–water partition coefficient (Wildman–Crippen LogP) is 3.49. The van der Waals surface area contributed by atoms with Crippen molar-refractivity contribution in [2.75, 3.05) is 5.73 Å². The van der Waals surface area contributed by atoms with Crippen molar-refractivity contribution in [1.29, 1.82) is 0 Å². The number of anilines is 1. The topological polar surface area (TPSA) is 38.9 Å². The Labute approximate surface area is 97.5 Å². The van der Waals surface area contributed by atoms with Crippen molar-refractivity contribution in [3.63, 3.8) is 0 Å². The normalized spacial score (nSPS) is 10.5. The first-order valence-electron chi connectivity index (χ1n) is 4.60. The van der Waals surface area contributed by atoms with Crippen LogP contribution in [0.15, 0.2) is 32.8 Å². The molecule has 0 atom stereocenters. The lowest BCUT2D eigenvalue weighted by Crippen LogP contribution is -1.86. The van der Waals surface area contributed by atoms with Gasteiger partial charge < -0.3 is 5.73 Å². The first-order valence-corrected chi connectivity index (χ1v) is 6.30. The maximum absolute atomic E-state index is 5.79. The van der Waals surface area contributed by atoms with Crippen molar-refractivity contribution in [2.24, 2.45) is 0 Å². The van der Waals surface area contributed by atoms with Gasteiger partial charge in [0.15, 0.2) is 4.34 Å². The maximum Gasteiger partial charge on any atom is 0.154 e. The third-order valence-corrected chi connectivity index (χ3v) is 3.90. The van der Waals surface area contributed by atoms with E-state index in [1.54, 1.807) is 23.1 Å². The number of nitrogen functional groups attached to an aromatic ring is 1. The van der Waals surface area contributed by atoms with E-state index in [0.717, 1.165) is 20.6 Å². The first kappa shape index (κ1) is 10.5. The Kier molecular flexibility index (Phi) is 2.98. The van der Waals surface area contributed by atoms with Crippen LogP contribution in [0.4, 0.5) is 5.69 Å². The summed E-state index contributed by atoms with van der Waals surface area (Å²) in [5.74, 6) is 0. The summed E-state index contributed by atoms with van der Waals surface area (Å²) in [6.45, 7) is 4.05. The highest BCUT2D eigenvalue weighted by molar-refractivity contribution is 8.01. The summed E-state index contributed by atoms with van der Waals surface area (Å²) in [5, 5.41) is 2.06. The molecule has 1 heterocycles. The minimum Gasteiger partial charge on any atom is -0.399 e. The van der Waals surface area contributed by atoms with Gasteiger partial charge in [-0.3, -0.25) is 0 Å². The maximum atomic E-state index is 5.79. The number of thiazole rings is 1. The third kappa shape index (κ3) is 2.73. The van der Waals surface area contributed by atoms with E-state index in [-0.39, 0.29) is 0 Å². The zero-order valence-corrected chi connectivity index (χ0v) is 10.3. The highest BCUT2D eigenvalue weighted by atomic mass is 32.2. The Hall–Kier alpha value is -1.00. The monoisotopic (exact) mass is 236 g/mol. The van der Waals surface area contributed by atoms with E-state index >= 15 is 0 Å². The van der Waals surface area contributed by atoms with Crippen LogP contribution in [0.3, 0.4) is 0 Å². The van der Waals surface area contributed by atoms with Gasteiger partial charge in [-0.05, 0) is 37.6 Å². The lowest BCUT2D eigenvalue weighted by molar-refractivity contribution is 1.16. The number of hydrogen-bond donors (Lipinski definition) is 1. The second-order valence-corrected chi connectivity index (χ2v) is 5.62. The van der Waals surface area contributed by atoms with Crippen LogP contribution < -0.4 is 5.73 Å². The summed E-state index contributed by atoms with van der Waals surface area (Å²) in [7, 11) is 0. The zero-order chi connectivity index (χ0) is 10.8. The van der Waals surface area contributed by atoms with Crippen LogP contribution in [-0.4, -0.2) is 4.98 Å². The van der Waals surface area contributed by atoms with Crippen LogP contribution in [0.5, 0.6) is 0 Å². The van der Waals surface area contributed by atoms with Crippen LogP contribution >= 0.6 is 23.1 Å². The largest absolute Gasteiger partial charge is 0.399 e. The van der Waals surface area contributed by atoms with Crippen LogP contribution in [-0.2, 0) is 0 Å². The van der Waals surface area contributed by atoms with Crippen molar-refractivity contribution in [2.45, 2.75) is 23.1 Å². The van der Waals surface area contributed by atoms with Gasteiger partial charge in [0.05, 0.1) is 0 Å². The molecule has 1 aromatic heterocycles. The minimum absolute atomic E-state index is 0.811. The average molecular weight is 236 g/mol. The molecule has 15 heavy (non-hydrogen) atoms. The number of benzene rings is 1. The van der Waals surface area contributed by atoms with E-state index in [1.165, 1.54) is 5.56 Å². The fourth-order valence-electron chi connectivity index (χ4n) is 1.32. The number of aryl methyl sites for hydroxylation is 2. The van der Waals surface area contributed by atoms with E-state index in [2.05, 4.69) is 16.4 Å². The average Bonchev–Trinajstić information content (AvgIpc) is 2.49. The molecule has 2 rings (SSSR count). The third-order valence-electron chi connectivity index (χ3n) is 1.88. The molecule has 0 saturated heterocycles.